The number of carbonyl (C=O) groups is 2. The number of hydrogen-bond donors (Lipinski definition) is 2. The van der Waals surface area contributed by atoms with Crippen LogP contribution in [0.5, 0.6) is 0 Å². The Bertz CT molecular complexity index is 480. The van der Waals surface area contributed by atoms with Gasteiger partial charge in [0.15, 0.2) is 0 Å². The summed E-state index contributed by atoms with van der Waals surface area (Å²) < 4.78 is 1.79. The highest BCUT2D eigenvalue weighted by molar-refractivity contribution is 5.83. The van der Waals surface area contributed by atoms with Crippen LogP contribution in [0.2, 0.25) is 0 Å². The predicted octanol–water partition coefficient (Wildman–Crippen LogP) is 0.949. The maximum absolute atomic E-state index is 11.7. The third-order valence-corrected chi connectivity index (χ3v) is 3.30. The second-order valence-electron chi connectivity index (χ2n) is 4.64. The van der Waals surface area contributed by atoms with Crippen LogP contribution < -0.4 is 5.32 Å². The number of aliphatic carboxylic acids is 1. The molecule has 6 nitrogen and oxygen atoms in total. The Morgan fingerprint density at radius 3 is 2.47 bits per heavy atom. The number of aryl methyl sites for hydroxylation is 2. The van der Waals surface area contributed by atoms with Gasteiger partial charge in [-0.3, -0.25) is 9.48 Å². The summed E-state index contributed by atoms with van der Waals surface area (Å²) in [5.41, 5.74) is 3.01. The van der Waals surface area contributed by atoms with Crippen LogP contribution in [-0.4, -0.2) is 32.8 Å². The fraction of sp³-hybridized carbons (Fsp3) is 0.615. The SMILES string of the molecule is CC[C@@H](NC(=O)CCc1c(C)nn(C)c1C)C(=O)O. The highest BCUT2D eigenvalue weighted by Gasteiger charge is 2.18. The van der Waals surface area contributed by atoms with Crippen molar-refractivity contribution in [1.29, 1.82) is 0 Å². The molecule has 1 rings (SSSR count). The van der Waals surface area contributed by atoms with E-state index in [2.05, 4.69) is 10.4 Å². The highest BCUT2D eigenvalue weighted by atomic mass is 16.4. The van der Waals surface area contributed by atoms with E-state index in [1.165, 1.54) is 0 Å². The van der Waals surface area contributed by atoms with Crippen LogP contribution in [0.25, 0.3) is 0 Å². The first kappa shape index (κ1) is 15.2. The van der Waals surface area contributed by atoms with Gasteiger partial charge in [0.25, 0.3) is 0 Å². The minimum atomic E-state index is -0.996. The van der Waals surface area contributed by atoms with Crippen molar-refractivity contribution in [2.24, 2.45) is 7.05 Å². The predicted molar refractivity (Wildman–Crippen MR) is 70.9 cm³/mol. The molecule has 1 atom stereocenters. The van der Waals surface area contributed by atoms with Crippen LogP contribution in [-0.2, 0) is 23.1 Å². The Kier molecular flexibility index (Phi) is 5.09. The molecule has 0 spiro atoms. The van der Waals surface area contributed by atoms with Gasteiger partial charge in [0, 0.05) is 19.2 Å². The van der Waals surface area contributed by atoms with Crippen molar-refractivity contribution in [2.75, 3.05) is 0 Å². The summed E-state index contributed by atoms with van der Waals surface area (Å²) in [7, 11) is 1.86. The molecule has 0 bridgehead atoms. The lowest BCUT2D eigenvalue weighted by molar-refractivity contribution is -0.141. The summed E-state index contributed by atoms with van der Waals surface area (Å²) in [5, 5.41) is 15.7. The first-order chi connectivity index (χ1) is 8.86. The molecule has 0 aliphatic carbocycles. The summed E-state index contributed by atoms with van der Waals surface area (Å²) in [6.07, 6.45) is 1.23. The standard InChI is InChI=1S/C13H21N3O3/c1-5-11(13(18)19)14-12(17)7-6-10-8(2)15-16(4)9(10)3/h11H,5-7H2,1-4H3,(H,14,17)(H,18,19)/t11-/m1/s1. The Morgan fingerprint density at radius 1 is 1.42 bits per heavy atom. The number of carboxylic acids is 1. The molecular weight excluding hydrogens is 246 g/mol. The lowest BCUT2D eigenvalue weighted by atomic mass is 10.1. The Labute approximate surface area is 112 Å². The van der Waals surface area contributed by atoms with E-state index in [0.29, 0.717) is 12.8 Å². The van der Waals surface area contributed by atoms with Crippen molar-refractivity contribution in [3.05, 3.63) is 17.0 Å². The maximum Gasteiger partial charge on any atom is 0.326 e. The molecule has 19 heavy (non-hydrogen) atoms. The zero-order valence-corrected chi connectivity index (χ0v) is 11.9. The molecule has 0 saturated heterocycles. The molecule has 0 aliphatic rings. The number of rotatable bonds is 6. The molecule has 1 amide bonds. The lowest BCUT2D eigenvalue weighted by Crippen LogP contribution is -2.40. The van der Waals surface area contributed by atoms with E-state index in [1.54, 1.807) is 11.6 Å². The summed E-state index contributed by atoms with van der Waals surface area (Å²) >= 11 is 0. The van der Waals surface area contributed by atoms with Crippen molar-refractivity contribution in [3.63, 3.8) is 0 Å². The van der Waals surface area contributed by atoms with Gasteiger partial charge in [0.1, 0.15) is 6.04 Å². The van der Waals surface area contributed by atoms with Gasteiger partial charge in [0.05, 0.1) is 5.69 Å². The average molecular weight is 267 g/mol. The number of amides is 1. The van der Waals surface area contributed by atoms with Crippen molar-refractivity contribution in [3.8, 4) is 0 Å². The molecule has 1 aromatic rings. The van der Waals surface area contributed by atoms with Gasteiger partial charge < -0.3 is 10.4 Å². The van der Waals surface area contributed by atoms with Crippen LogP contribution in [0.3, 0.4) is 0 Å². The molecule has 1 aromatic heterocycles. The van der Waals surface area contributed by atoms with Crippen LogP contribution in [0, 0.1) is 13.8 Å². The number of carboxylic acid groups (broad SMARTS) is 1. The van der Waals surface area contributed by atoms with Crippen molar-refractivity contribution in [1.82, 2.24) is 15.1 Å². The van der Waals surface area contributed by atoms with Crippen molar-refractivity contribution >= 4 is 11.9 Å². The molecule has 0 unspecified atom stereocenters. The van der Waals surface area contributed by atoms with Gasteiger partial charge in [-0.2, -0.15) is 5.10 Å². The first-order valence-corrected chi connectivity index (χ1v) is 6.38. The lowest BCUT2D eigenvalue weighted by Gasteiger charge is -2.12. The van der Waals surface area contributed by atoms with Crippen LogP contribution >= 0.6 is 0 Å². The second kappa shape index (κ2) is 6.36. The largest absolute Gasteiger partial charge is 0.480 e. The third kappa shape index (κ3) is 3.81. The zero-order valence-electron chi connectivity index (χ0n) is 11.9. The van der Waals surface area contributed by atoms with Crippen LogP contribution in [0.15, 0.2) is 0 Å². The molecule has 2 N–H and O–H groups in total. The maximum atomic E-state index is 11.7. The van der Waals surface area contributed by atoms with Gasteiger partial charge in [-0.15, -0.1) is 0 Å². The molecule has 6 heteroatoms. The third-order valence-electron chi connectivity index (χ3n) is 3.30. The van der Waals surface area contributed by atoms with E-state index in [1.807, 2.05) is 20.9 Å². The van der Waals surface area contributed by atoms with E-state index < -0.39 is 12.0 Å². The normalized spacial score (nSPS) is 12.2. The first-order valence-electron chi connectivity index (χ1n) is 6.38. The van der Waals surface area contributed by atoms with E-state index in [0.717, 1.165) is 17.0 Å². The van der Waals surface area contributed by atoms with Gasteiger partial charge >= 0.3 is 5.97 Å². The minimum Gasteiger partial charge on any atom is -0.480 e. The van der Waals surface area contributed by atoms with Crippen molar-refractivity contribution in [2.45, 2.75) is 46.1 Å². The van der Waals surface area contributed by atoms with E-state index in [9.17, 15) is 9.59 Å². The molecule has 0 saturated carbocycles. The summed E-state index contributed by atoms with van der Waals surface area (Å²) in [6, 6.07) is -0.802. The molecule has 1 heterocycles. The molecule has 0 fully saturated rings. The zero-order chi connectivity index (χ0) is 14.6. The fourth-order valence-electron chi connectivity index (χ4n) is 2.02. The number of aromatic nitrogens is 2. The Balaban J connectivity index is 2.57. The average Bonchev–Trinajstić information content (AvgIpc) is 2.58. The molecule has 0 aromatic carbocycles. The summed E-state index contributed by atoms with van der Waals surface area (Å²) in [5.74, 6) is -1.23. The van der Waals surface area contributed by atoms with Crippen LogP contribution in [0.4, 0.5) is 0 Å². The van der Waals surface area contributed by atoms with Gasteiger partial charge in [-0.1, -0.05) is 6.92 Å². The van der Waals surface area contributed by atoms with Crippen LogP contribution in [0.1, 0.15) is 36.7 Å². The number of nitrogens with zero attached hydrogens (tertiary/aromatic N) is 2. The summed E-state index contributed by atoms with van der Waals surface area (Å²) in [6.45, 7) is 5.60. The molecule has 0 radical (unpaired) electrons. The van der Waals surface area contributed by atoms with E-state index in [4.69, 9.17) is 5.11 Å². The molecule has 106 valence electrons. The minimum absolute atomic E-state index is 0.239. The van der Waals surface area contributed by atoms with Crippen molar-refractivity contribution < 1.29 is 14.7 Å². The highest BCUT2D eigenvalue weighted by Crippen LogP contribution is 2.13. The van der Waals surface area contributed by atoms with Gasteiger partial charge in [-0.25, -0.2) is 4.79 Å². The van der Waals surface area contributed by atoms with E-state index >= 15 is 0 Å². The Hall–Kier alpha value is -1.85. The second-order valence-corrected chi connectivity index (χ2v) is 4.64. The Morgan fingerprint density at radius 2 is 2.05 bits per heavy atom. The molecular formula is C13H21N3O3. The van der Waals surface area contributed by atoms with E-state index in [-0.39, 0.29) is 12.3 Å². The monoisotopic (exact) mass is 267 g/mol. The molecule has 0 aliphatic heterocycles. The topological polar surface area (TPSA) is 84.2 Å². The number of nitrogens with one attached hydrogen (secondary N) is 1. The summed E-state index contributed by atoms with van der Waals surface area (Å²) in [4.78, 5) is 22.5. The van der Waals surface area contributed by atoms with Gasteiger partial charge in [-0.05, 0) is 32.3 Å². The smallest absolute Gasteiger partial charge is 0.326 e. The number of carbonyl (C=O) groups excluding carboxylic acids is 1. The number of hydrogen-bond acceptors (Lipinski definition) is 3. The van der Waals surface area contributed by atoms with Gasteiger partial charge in [0.2, 0.25) is 5.91 Å². The quantitative estimate of drug-likeness (QED) is 0.803. The fourth-order valence-corrected chi connectivity index (χ4v) is 2.02.